The number of rotatable bonds is 5. The monoisotopic (exact) mass is 348 g/mol. The molecule has 0 saturated carbocycles. The normalized spacial score (nSPS) is 10.0. The van der Waals surface area contributed by atoms with Crippen molar-refractivity contribution in [3.8, 4) is 16.9 Å². The number of ether oxygens (including phenoxy) is 1. The van der Waals surface area contributed by atoms with E-state index in [0.717, 1.165) is 11.6 Å². The zero-order chi connectivity index (χ0) is 18.6. The number of aliphatic carboxylic acids is 1. The average Bonchev–Trinajstić information content (AvgIpc) is 2.69. The summed E-state index contributed by atoms with van der Waals surface area (Å²) in [5, 5.41) is 16.8. The molecule has 2 N–H and O–H groups in total. The molecule has 0 aromatic heterocycles. The fourth-order valence-corrected chi connectivity index (χ4v) is 2.18. The second kappa shape index (κ2) is 10.5. The van der Waals surface area contributed by atoms with E-state index in [-0.39, 0.29) is 6.79 Å². The van der Waals surface area contributed by atoms with E-state index in [4.69, 9.17) is 14.9 Å². The number of benzene rings is 3. The molecule has 0 spiro atoms. The first kappa shape index (κ1) is 19.0. The van der Waals surface area contributed by atoms with E-state index in [9.17, 15) is 4.79 Å². The van der Waals surface area contributed by atoms with Gasteiger partial charge in [0.1, 0.15) is 5.75 Å². The van der Waals surface area contributed by atoms with Crippen molar-refractivity contribution in [1.29, 1.82) is 0 Å². The van der Waals surface area contributed by atoms with Gasteiger partial charge in [-0.15, -0.1) is 0 Å². The zero-order valence-electron chi connectivity index (χ0n) is 14.2. The lowest BCUT2D eigenvalue weighted by atomic mass is 10.1. The minimum Gasteiger partial charge on any atom is -0.478 e. The highest BCUT2D eigenvalue weighted by molar-refractivity contribution is 5.85. The molecule has 0 radical (unpaired) electrons. The van der Waals surface area contributed by atoms with Gasteiger partial charge in [0.2, 0.25) is 0 Å². The van der Waals surface area contributed by atoms with Crippen LogP contribution >= 0.6 is 0 Å². The first-order chi connectivity index (χ1) is 12.7. The van der Waals surface area contributed by atoms with Crippen LogP contribution in [-0.2, 0) is 4.79 Å². The summed E-state index contributed by atoms with van der Waals surface area (Å²) in [7, 11) is 0. The predicted molar refractivity (Wildman–Crippen MR) is 103 cm³/mol. The highest BCUT2D eigenvalue weighted by Gasteiger charge is 1.93. The highest BCUT2D eigenvalue weighted by Crippen LogP contribution is 2.17. The molecular weight excluding hydrogens is 328 g/mol. The number of carboxylic acid groups (broad SMARTS) is 1. The fourth-order valence-electron chi connectivity index (χ4n) is 2.18. The Morgan fingerprint density at radius 3 is 1.73 bits per heavy atom. The molecule has 0 saturated heterocycles. The molecule has 132 valence electrons. The third-order valence-corrected chi connectivity index (χ3v) is 3.41. The van der Waals surface area contributed by atoms with Crippen molar-refractivity contribution >= 4 is 12.0 Å². The van der Waals surface area contributed by atoms with Gasteiger partial charge in [-0.05, 0) is 34.9 Å². The third kappa shape index (κ3) is 6.63. The van der Waals surface area contributed by atoms with Crippen LogP contribution < -0.4 is 4.74 Å². The molecule has 0 unspecified atom stereocenters. The van der Waals surface area contributed by atoms with E-state index in [1.165, 1.54) is 17.2 Å². The van der Waals surface area contributed by atoms with E-state index in [1.54, 1.807) is 24.3 Å². The second-order valence-corrected chi connectivity index (χ2v) is 5.25. The molecule has 4 nitrogen and oxygen atoms in total. The minimum absolute atomic E-state index is 0.371. The van der Waals surface area contributed by atoms with Gasteiger partial charge in [0.25, 0.3) is 0 Å². The summed E-state index contributed by atoms with van der Waals surface area (Å²) in [5.74, 6) is -0.444. The Morgan fingerprint density at radius 1 is 0.808 bits per heavy atom. The fraction of sp³-hybridized carbons (Fsp3) is 0.0455. The van der Waals surface area contributed by atoms with E-state index in [0.29, 0.717) is 5.75 Å². The molecular formula is C22H20O4. The van der Waals surface area contributed by atoms with Gasteiger partial charge in [-0.3, -0.25) is 0 Å². The lowest BCUT2D eigenvalue weighted by Crippen LogP contribution is -1.93. The molecule has 0 aliphatic carbocycles. The van der Waals surface area contributed by atoms with Gasteiger partial charge in [-0.2, -0.15) is 0 Å². The predicted octanol–water partition coefficient (Wildman–Crippen LogP) is 4.47. The summed E-state index contributed by atoms with van der Waals surface area (Å²) in [4.78, 5) is 10.2. The van der Waals surface area contributed by atoms with Gasteiger partial charge in [0.15, 0.2) is 6.79 Å². The Kier molecular flexibility index (Phi) is 7.65. The molecule has 0 heterocycles. The van der Waals surface area contributed by atoms with E-state index in [1.807, 2.05) is 12.1 Å². The van der Waals surface area contributed by atoms with Crippen molar-refractivity contribution < 1.29 is 19.7 Å². The topological polar surface area (TPSA) is 66.8 Å². The molecule has 0 aliphatic heterocycles. The van der Waals surface area contributed by atoms with Gasteiger partial charge in [0, 0.05) is 6.08 Å². The summed E-state index contributed by atoms with van der Waals surface area (Å²) in [5.41, 5.74) is 3.31. The maximum absolute atomic E-state index is 10.2. The molecule has 3 aromatic carbocycles. The number of hydrogen-bond donors (Lipinski definition) is 2. The molecule has 3 aromatic rings. The van der Waals surface area contributed by atoms with Gasteiger partial charge >= 0.3 is 5.97 Å². The van der Waals surface area contributed by atoms with Crippen LogP contribution in [0.2, 0.25) is 0 Å². The first-order valence-corrected chi connectivity index (χ1v) is 8.04. The van der Waals surface area contributed by atoms with Crippen LogP contribution in [0.4, 0.5) is 0 Å². The lowest BCUT2D eigenvalue weighted by Gasteiger charge is -2.01. The molecule has 3 rings (SSSR count). The van der Waals surface area contributed by atoms with Crippen LogP contribution in [0.1, 0.15) is 5.56 Å². The van der Waals surface area contributed by atoms with Crippen LogP contribution in [0, 0.1) is 0 Å². The van der Waals surface area contributed by atoms with Crippen LogP contribution in [0.3, 0.4) is 0 Å². The number of hydrogen-bond acceptors (Lipinski definition) is 3. The Morgan fingerprint density at radius 2 is 1.31 bits per heavy atom. The molecule has 0 bridgehead atoms. The largest absolute Gasteiger partial charge is 0.478 e. The van der Waals surface area contributed by atoms with Crippen LogP contribution in [0.5, 0.6) is 5.75 Å². The Labute approximate surface area is 152 Å². The Hall–Kier alpha value is -3.37. The smallest absolute Gasteiger partial charge is 0.328 e. The minimum atomic E-state index is -0.985. The molecule has 0 fully saturated rings. The van der Waals surface area contributed by atoms with Gasteiger partial charge < -0.3 is 14.9 Å². The van der Waals surface area contributed by atoms with Gasteiger partial charge in [0.05, 0.1) is 0 Å². The van der Waals surface area contributed by atoms with Crippen LogP contribution in [0.25, 0.3) is 17.2 Å². The SMILES string of the molecule is O=C(O)C=Cc1ccc(OCO)cc1.c1ccc(-c2ccccc2)cc1. The second-order valence-electron chi connectivity index (χ2n) is 5.25. The van der Waals surface area contributed by atoms with Crippen LogP contribution in [-0.4, -0.2) is 23.0 Å². The number of aliphatic hydroxyl groups is 1. The van der Waals surface area contributed by atoms with E-state index < -0.39 is 5.97 Å². The molecule has 0 aliphatic rings. The maximum atomic E-state index is 10.2. The van der Waals surface area contributed by atoms with E-state index >= 15 is 0 Å². The average molecular weight is 348 g/mol. The number of carboxylic acids is 1. The summed E-state index contributed by atoms with van der Waals surface area (Å²) in [6.07, 6.45) is 2.53. The number of aliphatic hydroxyl groups excluding tert-OH is 1. The maximum Gasteiger partial charge on any atom is 0.328 e. The third-order valence-electron chi connectivity index (χ3n) is 3.41. The highest BCUT2D eigenvalue weighted by atomic mass is 16.6. The summed E-state index contributed by atoms with van der Waals surface area (Å²) < 4.78 is 4.80. The van der Waals surface area contributed by atoms with Crippen molar-refractivity contribution in [2.45, 2.75) is 0 Å². The van der Waals surface area contributed by atoms with Crippen molar-refractivity contribution in [3.63, 3.8) is 0 Å². The first-order valence-electron chi connectivity index (χ1n) is 8.04. The van der Waals surface area contributed by atoms with Gasteiger partial charge in [-0.25, -0.2) is 4.79 Å². The Balaban J connectivity index is 0.000000189. The lowest BCUT2D eigenvalue weighted by molar-refractivity contribution is -0.131. The van der Waals surface area contributed by atoms with Crippen molar-refractivity contribution in [1.82, 2.24) is 0 Å². The van der Waals surface area contributed by atoms with E-state index in [2.05, 4.69) is 48.5 Å². The molecule has 0 atom stereocenters. The molecule has 26 heavy (non-hydrogen) atoms. The standard InChI is InChI=1S/C12H10.C10H10O4/c1-3-7-11(8-4-1)12-9-5-2-6-10-12;11-7-14-9-4-1-8(2-5-9)3-6-10(12)13/h1-10H;1-6,11H,7H2,(H,12,13). The zero-order valence-corrected chi connectivity index (χ0v) is 14.2. The van der Waals surface area contributed by atoms with Crippen molar-refractivity contribution in [2.75, 3.05) is 6.79 Å². The molecule has 0 amide bonds. The van der Waals surface area contributed by atoms with Crippen LogP contribution in [0.15, 0.2) is 91.0 Å². The summed E-state index contributed by atoms with van der Waals surface area (Å²) in [6.45, 7) is -0.371. The van der Waals surface area contributed by atoms with Crippen molar-refractivity contribution in [3.05, 3.63) is 96.6 Å². The molecule has 4 heteroatoms. The van der Waals surface area contributed by atoms with Gasteiger partial charge in [-0.1, -0.05) is 72.8 Å². The summed E-state index contributed by atoms with van der Waals surface area (Å²) >= 11 is 0. The summed E-state index contributed by atoms with van der Waals surface area (Å²) in [6, 6.07) is 27.5. The quantitative estimate of drug-likeness (QED) is 0.527. The number of carbonyl (C=O) groups is 1. The van der Waals surface area contributed by atoms with Crippen molar-refractivity contribution in [2.24, 2.45) is 0 Å². The Bertz CT molecular complexity index is 772.